The molecule has 1 amide bonds. The van der Waals surface area contributed by atoms with Gasteiger partial charge in [0.05, 0.1) is 18.7 Å². The Hall–Kier alpha value is -3.52. The van der Waals surface area contributed by atoms with Crippen molar-refractivity contribution in [3.63, 3.8) is 0 Å². The van der Waals surface area contributed by atoms with Gasteiger partial charge < -0.3 is 18.8 Å². The number of furan rings is 1. The molecule has 4 rings (SSSR count). The first-order valence-electron chi connectivity index (χ1n) is 11.1. The number of carbonyl (C=O) groups excluding carboxylic acids is 2. The van der Waals surface area contributed by atoms with E-state index >= 15 is 0 Å². The third-order valence-corrected chi connectivity index (χ3v) is 5.69. The second-order valence-corrected chi connectivity index (χ2v) is 8.05. The van der Waals surface area contributed by atoms with E-state index in [2.05, 4.69) is 0 Å². The summed E-state index contributed by atoms with van der Waals surface area (Å²) in [5, 5.41) is 0. The van der Waals surface area contributed by atoms with E-state index in [1.165, 1.54) is 0 Å². The molecule has 0 spiro atoms. The molecule has 1 aliphatic rings. The van der Waals surface area contributed by atoms with Crippen LogP contribution in [-0.4, -0.2) is 49.0 Å². The number of ether oxygens (including phenoxy) is 2. The van der Waals surface area contributed by atoms with Crippen molar-refractivity contribution in [2.45, 2.75) is 26.4 Å². The summed E-state index contributed by atoms with van der Waals surface area (Å²) < 4.78 is 45.5. The molecule has 1 unspecified atom stereocenters. The summed E-state index contributed by atoms with van der Waals surface area (Å²) in [6, 6.07) is 13.1. The summed E-state index contributed by atoms with van der Waals surface area (Å²) in [6.07, 6.45) is -0.434. The van der Waals surface area contributed by atoms with Gasteiger partial charge in [-0.2, -0.15) is 0 Å². The average Bonchev–Trinajstić information content (AvgIpc) is 3.24. The Balaban J connectivity index is 1.42. The highest BCUT2D eigenvalue weighted by Crippen LogP contribution is 2.27. The van der Waals surface area contributed by atoms with Crippen LogP contribution >= 0.6 is 0 Å². The summed E-state index contributed by atoms with van der Waals surface area (Å²) in [5.74, 6) is -1.95. The molecule has 0 aliphatic carbocycles. The van der Waals surface area contributed by atoms with E-state index in [4.69, 9.17) is 13.9 Å². The van der Waals surface area contributed by atoms with Gasteiger partial charge in [0.2, 0.25) is 0 Å². The Kier molecular flexibility index (Phi) is 7.07. The van der Waals surface area contributed by atoms with Crippen molar-refractivity contribution in [3.05, 3.63) is 77.1 Å². The lowest BCUT2D eigenvalue weighted by Gasteiger charge is -2.32. The molecule has 0 radical (unpaired) electrons. The highest BCUT2D eigenvalue weighted by Gasteiger charge is 2.29. The van der Waals surface area contributed by atoms with E-state index in [0.29, 0.717) is 23.6 Å². The van der Waals surface area contributed by atoms with Crippen LogP contribution in [0.3, 0.4) is 0 Å². The molecular formula is C26H25F2NO5. The number of aryl methyl sites for hydroxylation is 1. The smallest absolute Gasteiger partial charge is 0.257 e. The van der Waals surface area contributed by atoms with E-state index in [-0.39, 0.29) is 43.4 Å². The fraction of sp³-hybridized carbons (Fsp3) is 0.308. The molecule has 1 aromatic heterocycles. The van der Waals surface area contributed by atoms with Crippen LogP contribution in [0.4, 0.5) is 8.78 Å². The lowest BCUT2D eigenvalue weighted by molar-refractivity contribution is -0.0411. The number of hydrogen-bond acceptors (Lipinski definition) is 5. The SMILES string of the molecule is CCC(=O)c1cc(F)c(OCC2CN(C(=O)c3cc(-c4ccccc4)oc3C)CCO2)c(F)c1. The van der Waals surface area contributed by atoms with Gasteiger partial charge in [-0.15, -0.1) is 0 Å². The second kappa shape index (κ2) is 10.2. The third-order valence-electron chi connectivity index (χ3n) is 5.69. The molecule has 6 nitrogen and oxygen atoms in total. The number of rotatable bonds is 7. The highest BCUT2D eigenvalue weighted by atomic mass is 19.1. The molecule has 0 N–H and O–H groups in total. The Morgan fingerprint density at radius 1 is 1.12 bits per heavy atom. The maximum absolute atomic E-state index is 14.3. The molecule has 3 aromatic rings. The molecule has 1 fully saturated rings. The summed E-state index contributed by atoms with van der Waals surface area (Å²) in [7, 11) is 0. The molecule has 1 aliphatic heterocycles. The molecule has 0 saturated carbocycles. The van der Waals surface area contributed by atoms with Gasteiger partial charge >= 0.3 is 0 Å². The molecule has 1 atom stereocenters. The zero-order chi connectivity index (χ0) is 24.2. The van der Waals surface area contributed by atoms with E-state index in [1.54, 1.807) is 24.8 Å². The number of hydrogen-bond donors (Lipinski definition) is 0. The minimum atomic E-state index is -0.956. The number of amides is 1. The number of nitrogens with zero attached hydrogens (tertiary/aromatic N) is 1. The minimum absolute atomic E-state index is 0.0408. The van der Waals surface area contributed by atoms with Crippen LogP contribution < -0.4 is 4.74 Å². The van der Waals surface area contributed by atoms with Crippen LogP contribution in [-0.2, 0) is 4.74 Å². The van der Waals surface area contributed by atoms with E-state index in [9.17, 15) is 18.4 Å². The van der Waals surface area contributed by atoms with Gasteiger partial charge in [0.25, 0.3) is 5.91 Å². The first kappa shape index (κ1) is 23.6. The molecular weight excluding hydrogens is 444 g/mol. The average molecular weight is 469 g/mol. The van der Waals surface area contributed by atoms with E-state index in [1.807, 2.05) is 30.3 Å². The number of Topliss-reactive ketones (excluding diaryl/α,β-unsaturated/α-hetero) is 1. The fourth-order valence-corrected chi connectivity index (χ4v) is 3.85. The second-order valence-electron chi connectivity index (χ2n) is 8.05. The number of carbonyl (C=O) groups is 2. The quantitative estimate of drug-likeness (QED) is 0.453. The van der Waals surface area contributed by atoms with Crippen LogP contribution in [0.25, 0.3) is 11.3 Å². The molecule has 2 aromatic carbocycles. The van der Waals surface area contributed by atoms with Crippen molar-refractivity contribution < 1.29 is 32.3 Å². The summed E-state index contributed by atoms with van der Waals surface area (Å²) in [5.41, 5.74) is 1.28. The number of benzene rings is 2. The Morgan fingerprint density at radius 2 is 1.82 bits per heavy atom. The zero-order valence-electron chi connectivity index (χ0n) is 19.0. The van der Waals surface area contributed by atoms with Crippen molar-refractivity contribution in [1.82, 2.24) is 4.90 Å². The monoisotopic (exact) mass is 469 g/mol. The van der Waals surface area contributed by atoms with Gasteiger partial charge in [-0.25, -0.2) is 8.78 Å². The molecule has 2 heterocycles. The van der Waals surface area contributed by atoms with Crippen LogP contribution in [0.5, 0.6) is 5.75 Å². The van der Waals surface area contributed by atoms with Gasteiger partial charge in [-0.05, 0) is 25.1 Å². The zero-order valence-corrected chi connectivity index (χ0v) is 19.0. The van der Waals surface area contributed by atoms with Crippen molar-refractivity contribution in [1.29, 1.82) is 0 Å². The standard InChI is InChI=1S/C26H25F2NO5/c1-3-23(30)18-11-21(27)25(22(28)12-18)33-15-19-14-29(9-10-32-19)26(31)20-13-24(34-16(20)2)17-7-5-4-6-8-17/h4-8,11-13,19H,3,9-10,14-15H2,1-2H3. The molecule has 8 heteroatoms. The first-order chi connectivity index (χ1) is 16.4. The van der Waals surface area contributed by atoms with Gasteiger partial charge in [0, 0.05) is 24.1 Å². The number of ketones is 1. The number of halogens is 2. The van der Waals surface area contributed by atoms with E-state index < -0.39 is 23.5 Å². The molecule has 1 saturated heterocycles. The summed E-state index contributed by atoms with van der Waals surface area (Å²) in [4.78, 5) is 26.5. The normalized spacial score (nSPS) is 15.9. The van der Waals surface area contributed by atoms with Crippen LogP contribution in [0, 0.1) is 18.6 Å². The fourth-order valence-electron chi connectivity index (χ4n) is 3.85. The van der Waals surface area contributed by atoms with Gasteiger partial charge in [-0.3, -0.25) is 9.59 Å². The lowest BCUT2D eigenvalue weighted by Crippen LogP contribution is -2.47. The lowest BCUT2D eigenvalue weighted by atomic mass is 10.1. The predicted molar refractivity (Wildman–Crippen MR) is 121 cm³/mol. The summed E-state index contributed by atoms with van der Waals surface area (Å²) >= 11 is 0. The largest absolute Gasteiger partial charge is 0.485 e. The van der Waals surface area contributed by atoms with E-state index in [0.717, 1.165) is 17.7 Å². The van der Waals surface area contributed by atoms with Crippen LogP contribution in [0.2, 0.25) is 0 Å². The van der Waals surface area contributed by atoms with Crippen LogP contribution in [0.1, 0.15) is 39.8 Å². The van der Waals surface area contributed by atoms with Gasteiger partial charge in [-0.1, -0.05) is 37.3 Å². The van der Waals surface area contributed by atoms with Crippen molar-refractivity contribution in [2.24, 2.45) is 0 Å². The maximum atomic E-state index is 14.3. The van der Waals surface area contributed by atoms with Crippen molar-refractivity contribution in [2.75, 3.05) is 26.3 Å². The summed E-state index contributed by atoms with van der Waals surface area (Å²) in [6.45, 7) is 4.02. The Morgan fingerprint density at radius 3 is 2.50 bits per heavy atom. The Bertz CT molecular complexity index is 1170. The first-order valence-corrected chi connectivity index (χ1v) is 11.1. The van der Waals surface area contributed by atoms with Crippen molar-refractivity contribution >= 4 is 11.7 Å². The molecule has 0 bridgehead atoms. The van der Waals surface area contributed by atoms with Gasteiger partial charge in [0.15, 0.2) is 23.2 Å². The molecule has 178 valence electrons. The van der Waals surface area contributed by atoms with Crippen molar-refractivity contribution in [3.8, 4) is 17.1 Å². The minimum Gasteiger partial charge on any atom is -0.485 e. The third kappa shape index (κ3) is 5.02. The topological polar surface area (TPSA) is 69.0 Å². The maximum Gasteiger partial charge on any atom is 0.257 e. The van der Waals surface area contributed by atoms with Gasteiger partial charge in [0.1, 0.15) is 24.2 Å². The van der Waals surface area contributed by atoms with Crippen LogP contribution in [0.15, 0.2) is 52.9 Å². The Labute approximate surface area is 196 Å². The highest BCUT2D eigenvalue weighted by molar-refractivity contribution is 5.96. The molecule has 34 heavy (non-hydrogen) atoms. The predicted octanol–water partition coefficient (Wildman–Crippen LogP) is 5.05. The number of morpholine rings is 1.